The molecule has 1 aromatic heterocycles. The molecule has 9 rings (SSSR count). The van der Waals surface area contributed by atoms with Gasteiger partial charge in [-0.25, -0.2) is 0 Å². The van der Waals surface area contributed by atoms with E-state index in [1.165, 1.54) is 93.0 Å². The molecular formula is C42H31B5O. The first-order valence-electron chi connectivity index (χ1n) is 16.9. The van der Waals surface area contributed by atoms with Crippen molar-refractivity contribution in [1.29, 1.82) is 0 Å². The van der Waals surface area contributed by atoms with Crippen molar-refractivity contribution < 1.29 is 4.42 Å². The summed E-state index contributed by atoms with van der Waals surface area (Å²) in [6.45, 7) is 0. The fourth-order valence-corrected chi connectivity index (χ4v) is 8.10. The molecular weight excluding hydrogens is 575 g/mol. The van der Waals surface area contributed by atoms with Crippen LogP contribution in [0.15, 0.2) is 132 Å². The average Bonchev–Trinajstić information content (AvgIpc) is 3.48. The summed E-state index contributed by atoms with van der Waals surface area (Å²) in [5.41, 5.74) is 16.4. The molecule has 0 radical (unpaired) electrons. The van der Waals surface area contributed by atoms with Gasteiger partial charge in [-0.2, -0.15) is 0 Å². The predicted octanol–water partition coefficient (Wildman–Crippen LogP) is 3.34. The molecule has 0 atom stereocenters. The van der Waals surface area contributed by atoms with Gasteiger partial charge in [0.05, 0.1) is 0 Å². The maximum Gasteiger partial charge on any atom is 0.139 e. The number of rotatable bonds is 3. The number of furan rings is 1. The first kappa shape index (κ1) is 28.9. The first-order valence-corrected chi connectivity index (χ1v) is 16.9. The Morgan fingerprint density at radius 3 is 1.29 bits per heavy atom. The number of hydrogen-bond donors (Lipinski definition) is 0. The molecule has 0 unspecified atom stereocenters. The molecule has 0 N–H and O–H groups in total. The van der Waals surface area contributed by atoms with Crippen LogP contribution in [0.3, 0.4) is 0 Å². The molecule has 0 aliphatic heterocycles. The smallest absolute Gasteiger partial charge is 0.139 e. The van der Waals surface area contributed by atoms with Crippen LogP contribution in [0, 0.1) is 0 Å². The quantitative estimate of drug-likeness (QED) is 0.223. The summed E-state index contributed by atoms with van der Waals surface area (Å²) < 4.78 is 6.38. The molecule has 8 aromatic carbocycles. The van der Waals surface area contributed by atoms with Gasteiger partial charge < -0.3 is 4.42 Å². The molecule has 0 aliphatic rings. The van der Waals surface area contributed by atoms with Crippen LogP contribution in [0.4, 0.5) is 0 Å². The van der Waals surface area contributed by atoms with Gasteiger partial charge in [0.1, 0.15) is 50.4 Å². The second-order valence-electron chi connectivity index (χ2n) is 13.4. The van der Waals surface area contributed by atoms with Gasteiger partial charge in [-0.05, 0) is 90.0 Å². The average molecular weight is 606 g/mol. The van der Waals surface area contributed by atoms with E-state index in [4.69, 9.17) is 4.42 Å². The van der Waals surface area contributed by atoms with Crippen LogP contribution in [0.25, 0.3) is 87.6 Å². The maximum absolute atomic E-state index is 6.38. The van der Waals surface area contributed by atoms with Gasteiger partial charge in [-0.3, -0.25) is 0 Å². The largest absolute Gasteiger partial charge is 0.456 e. The Morgan fingerprint density at radius 1 is 0.312 bits per heavy atom. The Balaban J connectivity index is 1.26. The van der Waals surface area contributed by atoms with E-state index >= 15 is 0 Å². The fraction of sp³-hybridized carbons (Fsp3) is 0. The molecule has 6 heteroatoms. The Kier molecular flexibility index (Phi) is 6.53. The minimum Gasteiger partial charge on any atom is -0.456 e. The van der Waals surface area contributed by atoms with Gasteiger partial charge in [0.15, 0.2) is 0 Å². The summed E-state index contributed by atoms with van der Waals surface area (Å²) in [5.74, 6) is 0. The Bertz CT molecular complexity index is 2690. The van der Waals surface area contributed by atoms with E-state index in [9.17, 15) is 0 Å². The van der Waals surface area contributed by atoms with Gasteiger partial charge in [-0.15, -0.1) is 16.4 Å². The van der Waals surface area contributed by atoms with Crippen LogP contribution < -0.4 is 27.3 Å². The Morgan fingerprint density at radius 2 is 0.729 bits per heavy atom. The topological polar surface area (TPSA) is 13.1 Å². The fourth-order valence-electron chi connectivity index (χ4n) is 8.10. The zero-order valence-corrected chi connectivity index (χ0v) is 28.0. The molecule has 0 bridgehead atoms. The van der Waals surface area contributed by atoms with E-state index in [2.05, 4.69) is 167 Å². The van der Waals surface area contributed by atoms with Crippen molar-refractivity contribution in [3.8, 4) is 33.4 Å². The van der Waals surface area contributed by atoms with Crippen molar-refractivity contribution in [2.75, 3.05) is 0 Å². The molecule has 0 aliphatic carbocycles. The number of benzene rings is 8. The monoisotopic (exact) mass is 606 g/mol. The molecule has 0 fully saturated rings. The molecule has 0 spiro atoms. The lowest BCUT2D eigenvalue weighted by Gasteiger charge is -2.21. The minimum atomic E-state index is 0.916. The summed E-state index contributed by atoms with van der Waals surface area (Å²) in [6.07, 6.45) is 0. The molecule has 0 saturated carbocycles. The van der Waals surface area contributed by atoms with Crippen molar-refractivity contribution in [1.82, 2.24) is 0 Å². The van der Waals surface area contributed by atoms with Gasteiger partial charge in [0.25, 0.3) is 0 Å². The predicted molar refractivity (Wildman–Crippen MR) is 223 cm³/mol. The van der Waals surface area contributed by atoms with Gasteiger partial charge in [0.2, 0.25) is 0 Å². The van der Waals surface area contributed by atoms with E-state index in [0.29, 0.717) is 0 Å². The van der Waals surface area contributed by atoms with Crippen molar-refractivity contribution in [3.63, 3.8) is 0 Å². The van der Waals surface area contributed by atoms with Crippen LogP contribution in [-0.4, -0.2) is 39.2 Å². The highest BCUT2D eigenvalue weighted by Gasteiger charge is 2.19. The summed E-state index contributed by atoms with van der Waals surface area (Å²) >= 11 is 0. The Hall–Kier alpha value is -5.34. The maximum atomic E-state index is 6.38. The third kappa shape index (κ3) is 4.25. The molecule has 0 amide bonds. The zero-order valence-electron chi connectivity index (χ0n) is 28.0. The van der Waals surface area contributed by atoms with Crippen molar-refractivity contribution in [2.24, 2.45) is 0 Å². The van der Waals surface area contributed by atoms with E-state index < -0.39 is 0 Å². The molecule has 48 heavy (non-hydrogen) atoms. The standard InChI is InChI=1S/C42H31B5O/c43-38-37(39(44)41(46)42(47)40(38)45)23-15-13-22(14-16-23)35-27-9-3-5-11-29(27)36(30-12-6-4-10-28(30)35)26-17-18-33-31(20-26)32-19-24-7-1-2-8-25(24)21-34(32)48-33/h1-21H,43-47H2. The van der Waals surface area contributed by atoms with Crippen LogP contribution in [0.1, 0.15) is 0 Å². The second-order valence-corrected chi connectivity index (χ2v) is 13.4. The second kappa shape index (κ2) is 10.9. The van der Waals surface area contributed by atoms with Gasteiger partial charge >= 0.3 is 0 Å². The van der Waals surface area contributed by atoms with Crippen molar-refractivity contribution in [2.45, 2.75) is 0 Å². The van der Waals surface area contributed by atoms with Crippen molar-refractivity contribution >= 4 is 121 Å². The summed E-state index contributed by atoms with van der Waals surface area (Å²) in [4.78, 5) is 0. The summed E-state index contributed by atoms with van der Waals surface area (Å²) in [7, 11) is 11.3. The molecule has 0 saturated heterocycles. The summed E-state index contributed by atoms with van der Waals surface area (Å²) in [5, 5.41) is 9.75. The van der Waals surface area contributed by atoms with Gasteiger partial charge in [0, 0.05) is 10.8 Å². The zero-order chi connectivity index (χ0) is 32.7. The lowest BCUT2D eigenvalue weighted by molar-refractivity contribution is 0.669. The van der Waals surface area contributed by atoms with Crippen molar-refractivity contribution in [3.05, 3.63) is 127 Å². The highest BCUT2D eigenvalue weighted by molar-refractivity contribution is 6.68. The molecule has 220 valence electrons. The minimum absolute atomic E-state index is 0.916. The molecule has 1 nitrogen and oxygen atoms in total. The van der Waals surface area contributed by atoms with E-state index in [1.807, 2.05) is 0 Å². The van der Waals surface area contributed by atoms with E-state index in [1.54, 1.807) is 0 Å². The number of fused-ring (bicyclic) bond motifs is 6. The highest BCUT2D eigenvalue weighted by atomic mass is 16.3. The summed E-state index contributed by atoms with van der Waals surface area (Å²) in [6, 6.07) is 46.7. The van der Waals surface area contributed by atoms with Crippen LogP contribution in [-0.2, 0) is 0 Å². The first-order chi connectivity index (χ1) is 23.4. The van der Waals surface area contributed by atoms with Crippen LogP contribution in [0.5, 0.6) is 0 Å². The molecule has 9 aromatic rings. The van der Waals surface area contributed by atoms with Gasteiger partial charge in [-0.1, -0.05) is 114 Å². The third-order valence-corrected chi connectivity index (χ3v) is 11.0. The Labute approximate surface area is 285 Å². The number of hydrogen-bond acceptors (Lipinski definition) is 1. The lowest BCUT2D eigenvalue weighted by Crippen LogP contribution is -2.55. The highest BCUT2D eigenvalue weighted by Crippen LogP contribution is 2.45. The lowest BCUT2D eigenvalue weighted by atomic mass is 9.59. The SMILES string of the molecule is Bc1c(B)c(B)c(-c2ccc(-c3c4ccccc4c(-c4ccc5oc6cc7ccccc7cc6c5c4)c4ccccc34)cc2)c(B)c1B. The normalized spacial score (nSPS) is 11.8. The third-order valence-electron chi connectivity index (χ3n) is 11.0. The van der Waals surface area contributed by atoms with Crippen LogP contribution >= 0.6 is 0 Å². The van der Waals surface area contributed by atoms with E-state index in [0.717, 1.165) is 21.9 Å². The van der Waals surface area contributed by atoms with Crippen LogP contribution in [0.2, 0.25) is 0 Å². The molecule has 1 heterocycles. The van der Waals surface area contributed by atoms with E-state index in [-0.39, 0.29) is 0 Å².